The third-order valence-electron chi connectivity index (χ3n) is 3.14. The minimum Gasteiger partial charge on any atom is -0.374 e. The molecule has 0 aliphatic heterocycles. The first-order valence-corrected chi connectivity index (χ1v) is 8.09. The highest BCUT2D eigenvalue weighted by Crippen LogP contribution is 2.24. The summed E-state index contributed by atoms with van der Waals surface area (Å²) in [7, 11) is 1.64. The zero-order chi connectivity index (χ0) is 15.9. The molecule has 0 fully saturated rings. The highest BCUT2D eigenvalue weighted by Gasteiger charge is 2.13. The van der Waals surface area contributed by atoms with Crippen LogP contribution >= 0.6 is 22.9 Å². The predicted octanol–water partition coefficient (Wildman–Crippen LogP) is 4.23. The summed E-state index contributed by atoms with van der Waals surface area (Å²) in [4.78, 5) is 14.2. The van der Waals surface area contributed by atoms with E-state index in [1.807, 2.05) is 37.3 Å². The van der Waals surface area contributed by atoms with Crippen molar-refractivity contribution in [2.24, 2.45) is 0 Å². The standard InChI is InChI=1S/C17H18ClNO2S/c1-12-7-9-16(22-12)15(21-2)11-19-17(20)10-8-13-5-3-4-6-14(13)18/h3-10,15H,11H2,1-2H3,(H,19,20)/b10-8+. The van der Waals surface area contributed by atoms with Gasteiger partial charge in [-0.25, -0.2) is 0 Å². The molecule has 1 aromatic heterocycles. The smallest absolute Gasteiger partial charge is 0.244 e. The minimum atomic E-state index is -0.171. The van der Waals surface area contributed by atoms with Crippen molar-refractivity contribution >= 4 is 34.9 Å². The minimum absolute atomic E-state index is 0.128. The van der Waals surface area contributed by atoms with Gasteiger partial charge in [0.2, 0.25) is 5.91 Å². The van der Waals surface area contributed by atoms with Crippen LogP contribution in [0.1, 0.15) is 21.4 Å². The fraction of sp³-hybridized carbons (Fsp3) is 0.235. The molecule has 0 saturated carbocycles. The van der Waals surface area contributed by atoms with Crippen LogP contribution in [0.5, 0.6) is 0 Å². The molecule has 2 rings (SSSR count). The van der Waals surface area contributed by atoms with Crippen LogP contribution in [-0.4, -0.2) is 19.6 Å². The van der Waals surface area contributed by atoms with Crippen LogP contribution in [0.3, 0.4) is 0 Å². The second-order valence-electron chi connectivity index (χ2n) is 4.77. The molecule has 116 valence electrons. The fourth-order valence-electron chi connectivity index (χ4n) is 1.95. The van der Waals surface area contributed by atoms with E-state index in [1.165, 1.54) is 11.0 Å². The van der Waals surface area contributed by atoms with Crippen molar-refractivity contribution < 1.29 is 9.53 Å². The third-order valence-corrected chi connectivity index (χ3v) is 4.58. The van der Waals surface area contributed by atoms with Crippen LogP contribution in [0.15, 0.2) is 42.5 Å². The topological polar surface area (TPSA) is 38.3 Å². The normalized spacial score (nSPS) is 12.5. The molecule has 1 atom stereocenters. The Morgan fingerprint density at radius 1 is 1.36 bits per heavy atom. The molecule has 1 aromatic carbocycles. The average Bonchev–Trinajstić information content (AvgIpc) is 2.93. The number of hydrogen-bond acceptors (Lipinski definition) is 3. The van der Waals surface area contributed by atoms with E-state index in [9.17, 15) is 4.79 Å². The molecule has 0 spiro atoms. The van der Waals surface area contributed by atoms with Gasteiger partial charge in [0.1, 0.15) is 6.10 Å². The van der Waals surface area contributed by atoms with Gasteiger partial charge in [-0.05, 0) is 36.8 Å². The number of halogens is 1. The average molecular weight is 336 g/mol. The lowest BCUT2D eigenvalue weighted by molar-refractivity contribution is -0.117. The summed E-state index contributed by atoms with van der Waals surface area (Å²) in [5.74, 6) is -0.171. The van der Waals surface area contributed by atoms with Crippen molar-refractivity contribution in [3.63, 3.8) is 0 Å². The Balaban J connectivity index is 1.90. The molecule has 1 heterocycles. The van der Waals surface area contributed by atoms with Crippen LogP contribution < -0.4 is 5.32 Å². The van der Waals surface area contributed by atoms with Gasteiger partial charge in [0.15, 0.2) is 0 Å². The molecule has 3 nitrogen and oxygen atoms in total. The molecule has 0 saturated heterocycles. The number of benzene rings is 1. The molecule has 0 bridgehead atoms. The number of hydrogen-bond donors (Lipinski definition) is 1. The van der Waals surface area contributed by atoms with Crippen molar-refractivity contribution in [3.05, 3.63) is 62.8 Å². The molecule has 1 unspecified atom stereocenters. The molecule has 0 aliphatic carbocycles. The lowest BCUT2D eigenvalue weighted by Gasteiger charge is -2.13. The predicted molar refractivity (Wildman–Crippen MR) is 92.3 cm³/mol. The van der Waals surface area contributed by atoms with Gasteiger partial charge in [-0.2, -0.15) is 0 Å². The molecule has 1 N–H and O–H groups in total. The number of aryl methyl sites for hydroxylation is 1. The van der Waals surface area contributed by atoms with Gasteiger partial charge in [-0.3, -0.25) is 4.79 Å². The number of carbonyl (C=O) groups is 1. The number of amides is 1. The first kappa shape index (κ1) is 16.7. The van der Waals surface area contributed by atoms with E-state index in [-0.39, 0.29) is 12.0 Å². The summed E-state index contributed by atoms with van der Waals surface area (Å²) in [6, 6.07) is 11.5. The number of thiophene rings is 1. The summed E-state index contributed by atoms with van der Waals surface area (Å²) in [6.07, 6.45) is 3.05. The number of rotatable bonds is 6. The quantitative estimate of drug-likeness (QED) is 0.802. The maximum Gasteiger partial charge on any atom is 0.244 e. The molecule has 0 aliphatic rings. The first-order chi connectivity index (χ1) is 10.6. The summed E-state index contributed by atoms with van der Waals surface area (Å²) < 4.78 is 5.43. The lowest BCUT2D eigenvalue weighted by atomic mass is 10.2. The van der Waals surface area contributed by atoms with E-state index in [0.717, 1.165) is 10.4 Å². The second-order valence-corrected chi connectivity index (χ2v) is 6.50. The maximum absolute atomic E-state index is 11.9. The van der Waals surface area contributed by atoms with Crippen molar-refractivity contribution in [2.45, 2.75) is 13.0 Å². The van der Waals surface area contributed by atoms with Gasteiger partial charge in [-0.15, -0.1) is 11.3 Å². The molecule has 22 heavy (non-hydrogen) atoms. The largest absolute Gasteiger partial charge is 0.374 e. The Kier molecular flexibility index (Phi) is 6.19. The summed E-state index contributed by atoms with van der Waals surface area (Å²) >= 11 is 7.71. The van der Waals surface area contributed by atoms with Crippen molar-refractivity contribution in [1.29, 1.82) is 0 Å². The number of ether oxygens (including phenoxy) is 1. The fourth-order valence-corrected chi connectivity index (χ4v) is 3.11. The molecule has 5 heteroatoms. The Labute approximate surface area is 139 Å². The summed E-state index contributed by atoms with van der Waals surface area (Å²) in [5.41, 5.74) is 0.816. The molecular weight excluding hydrogens is 318 g/mol. The second kappa shape index (κ2) is 8.13. The maximum atomic E-state index is 11.9. The van der Waals surface area contributed by atoms with Gasteiger partial charge in [0, 0.05) is 34.5 Å². The van der Waals surface area contributed by atoms with Crippen molar-refractivity contribution in [3.8, 4) is 0 Å². The SMILES string of the molecule is COC(CNC(=O)/C=C/c1ccccc1Cl)c1ccc(C)s1. The molecule has 1 amide bonds. The van der Waals surface area contributed by atoms with Gasteiger partial charge < -0.3 is 10.1 Å². The highest BCUT2D eigenvalue weighted by molar-refractivity contribution is 7.12. The van der Waals surface area contributed by atoms with E-state index in [0.29, 0.717) is 11.6 Å². The van der Waals surface area contributed by atoms with Crippen LogP contribution in [-0.2, 0) is 9.53 Å². The van der Waals surface area contributed by atoms with Gasteiger partial charge >= 0.3 is 0 Å². The van der Waals surface area contributed by atoms with Gasteiger partial charge in [0.05, 0.1) is 0 Å². The Hall–Kier alpha value is -1.62. The monoisotopic (exact) mass is 335 g/mol. The zero-order valence-electron chi connectivity index (χ0n) is 12.5. The lowest BCUT2D eigenvalue weighted by Crippen LogP contribution is -2.27. The summed E-state index contributed by atoms with van der Waals surface area (Å²) in [5, 5.41) is 3.46. The Morgan fingerprint density at radius 3 is 2.77 bits per heavy atom. The number of carbonyl (C=O) groups excluding carboxylic acids is 1. The van der Waals surface area contributed by atoms with Crippen LogP contribution in [0.2, 0.25) is 5.02 Å². The van der Waals surface area contributed by atoms with Crippen molar-refractivity contribution in [2.75, 3.05) is 13.7 Å². The highest BCUT2D eigenvalue weighted by atomic mass is 35.5. The third kappa shape index (κ3) is 4.70. The molecule has 2 aromatic rings. The van der Waals surface area contributed by atoms with Crippen molar-refractivity contribution in [1.82, 2.24) is 5.32 Å². The molecular formula is C17H18ClNO2S. The van der Waals surface area contributed by atoms with Gasteiger partial charge in [-0.1, -0.05) is 29.8 Å². The molecule has 0 radical (unpaired) electrons. The van der Waals surface area contributed by atoms with E-state index in [2.05, 4.69) is 5.32 Å². The van der Waals surface area contributed by atoms with Crippen LogP contribution in [0, 0.1) is 6.92 Å². The van der Waals surface area contributed by atoms with E-state index < -0.39 is 0 Å². The Bertz CT molecular complexity index is 666. The van der Waals surface area contributed by atoms with Crippen LogP contribution in [0.4, 0.5) is 0 Å². The first-order valence-electron chi connectivity index (χ1n) is 6.89. The van der Waals surface area contributed by atoms with E-state index in [1.54, 1.807) is 30.6 Å². The summed E-state index contributed by atoms with van der Waals surface area (Å²) in [6.45, 7) is 2.48. The van der Waals surface area contributed by atoms with E-state index in [4.69, 9.17) is 16.3 Å². The van der Waals surface area contributed by atoms with Gasteiger partial charge in [0.25, 0.3) is 0 Å². The number of methoxy groups -OCH3 is 1. The Morgan fingerprint density at radius 2 is 2.14 bits per heavy atom. The number of nitrogens with one attached hydrogen (secondary N) is 1. The van der Waals surface area contributed by atoms with E-state index >= 15 is 0 Å². The zero-order valence-corrected chi connectivity index (χ0v) is 14.1. The van der Waals surface area contributed by atoms with Crippen LogP contribution in [0.25, 0.3) is 6.08 Å².